The molecular formula is C17H24N4OS. The highest BCUT2D eigenvalue weighted by atomic mass is 32.1. The largest absolute Gasteiger partial charge is 0.388 e. The van der Waals surface area contributed by atoms with E-state index in [4.69, 9.17) is 0 Å². The Bertz CT molecular complexity index is 649. The molecule has 1 aromatic heterocycles. The molecule has 1 aromatic carbocycles. The fourth-order valence-corrected chi connectivity index (χ4v) is 3.47. The summed E-state index contributed by atoms with van der Waals surface area (Å²) in [6.07, 6.45) is 1.81. The quantitative estimate of drug-likeness (QED) is 0.818. The Hall–Kier alpha value is -1.92. The fourth-order valence-electron chi connectivity index (χ4n) is 2.29. The van der Waals surface area contributed by atoms with E-state index in [1.807, 2.05) is 21.1 Å². The van der Waals surface area contributed by atoms with Crippen LogP contribution >= 0.6 is 11.3 Å². The zero-order chi connectivity index (χ0) is 16.8. The third-order valence-electron chi connectivity index (χ3n) is 3.41. The molecule has 0 unspecified atom stereocenters. The average Bonchev–Trinajstić information content (AvgIpc) is 2.85. The van der Waals surface area contributed by atoms with E-state index in [0.29, 0.717) is 5.13 Å². The highest BCUT2D eigenvalue weighted by Gasteiger charge is 2.13. The number of rotatable bonds is 7. The number of amides is 1. The number of nitrogens with zero attached hydrogens (tertiary/aromatic N) is 2. The maximum atomic E-state index is 11.2. The van der Waals surface area contributed by atoms with Gasteiger partial charge in [-0.1, -0.05) is 12.1 Å². The molecule has 1 heterocycles. The normalized spacial score (nSPS) is 10.8. The lowest BCUT2D eigenvalue weighted by atomic mass is 10.1. The van der Waals surface area contributed by atoms with Gasteiger partial charge in [0.1, 0.15) is 0 Å². The minimum atomic E-state index is -0.0793. The molecule has 2 aromatic rings. The van der Waals surface area contributed by atoms with Crippen molar-refractivity contribution in [3.63, 3.8) is 0 Å². The van der Waals surface area contributed by atoms with Crippen molar-refractivity contribution in [3.05, 3.63) is 40.4 Å². The first kappa shape index (κ1) is 17.4. The number of carbonyl (C=O) groups is 1. The summed E-state index contributed by atoms with van der Waals surface area (Å²) < 4.78 is 0. The summed E-state index contributed by atoms with van der Waals surface area (Å²) in [7, 11) is 6.00. The highest BCUT2D eigenvalue weighted by molar-refractivity contribution is 7.15. The molecule has 0 saturated carbocycles. The van der Waals surface area contributed by atoms with Crippen molar-refractivity contribution in [1.29, 1.82) is 0 Å². The number of nitrogens with one attached hydrogen (secondary N) is 2. The van der Waals surface area contributed by atoms with E-state index in [0.717, 1.165) is 30.8 Å². The van der Waals surface area contributed by atoms with Crippen LogP contribution in [0.3, 0.4) is 0 Å². The number of anilines is 2. The van der Waals surface area contributed by atoms with Crippen LogP contribution < -0.4 is 10.6 Å². The molecule has 0 spiro atoms. The Kier molecular flexibility index (Phi) is 6.12. The second-order valence-corrected chi connectivity index (χ2v) is 6.84. The van der Waals surface area contributed by atoms with E-state index in [2.05, 4.69) is 44.8 Å². The molecular weight excluding hydrogens is 308 g/mol. The Balaban J connectivity index is 2.09. The molecule has 1 amide bonds. The first-order valence-electron chi connectivity index (χ1n) is 7.65. The van der Waals surface area contributed by atoms with Crippen LogP contribution in [0.15, 0.2) is 24.3 Å². The summed E-state index contributed by atoms with van der Waals surface area (Å²) in [6.45, 7) is 2.35. The van der Waals surface area contributed by atoms with Crippen LogP contribution in [0.1, 0.15) is 23.1 Å². The monoisotopic (exact) mass is 332 g/mol. The number of aromatic nitrogens is 1. The van der Waals surface area contributed by atoms with E-state index in [1.165, 1.54) is 17.4 Å². The van der Waals surface area contributed by atoms with Crippen LogP contribution in [0, 0.1) is 0 Å². The van der Waals surface area contributed by atoms with Gasteiger partial charge in [0, 0.05) is 31.1 Å². The molecule has 0 aliphatic carbocycles. The number of hydrogen-bond donors (Lipinski definition) is 2. The number of carbonyl (C=O) groups excluding carboxylic acids is 1. The minimum absolute atomic E-state index is 0.0793. The lowest BCUT2D eigenvalue weighted by Crippen LogP contribution is -2.11. The highest BCUT2D eigenvalue weighted by Crippen LogP contribution is 2.25. The van der Waals surface area contributed by atoms with Gasteiger partial charge in [-0.05, 0) is 44.6 Å². The predicted octanol–water partition coefficient (Wildman–Crippen LogP) is 2.99. The van der Waals surface area contributed by atoms with Crippen LogP contribution in [0.5, 0.6) is 0 Å². The Morgan fingerprint density at radius 3 is 2.48 bits per heavy atom. The van der Waals surface area contributed by atoms with Crippen molar-refractivity contribution in [2.24, 2.45) is 0 Å². The van der Waals surface area contributed by atoms with Gasteiger partial charge in [0.25, 0.3) is 0 Å². The fraction of sp³-hybridized carbons (Fsp3) is 0.412. The molecule has 23 heavy (non-hydrogen) atoms. The zero-order valence-electron chi connectivity index (χ0n) is 14.1. The summed E-state index contributed by atoms with van der Waals surface area (Å²) >= 11 is 1.56. The number of aryl methyl sites for hydroxylation is 2. The molecule has 0 bridgehead atoms. The Morgan fingerprint density at radius 2 is 1.91 bits per heavy atom. The summed E-state index contributed by atoms with van der Waals surface area (Å²) in [5, 5.41) is 6.61. The zero-order valence-corrected chi connectivity index (χ0v) is 15.0. The van der Waals surface area contributed by atoms with Crippen LogP contribution in [-0.4, -0.2) is 36.9 Å². The van der Waals surface area contributed by atoms with Crippen LogP contribution in [0.25, 0.3) is 0 Å². The van der Waals surface area contributed by atoms with Gasteiger partial charge in [0.2, 0.25) is 5.91 Å². The first-order valence-corrected chi connectivity index (χ1v) is 8.47. The molecule has 2 rings (SSSR count). The van der Waals surface area contributed by atoms with E-state index >= 15 is 0 Å². The third kappa shape index (κ3) is 5.33. The predicted molar refractivity (Wildman–Crippen MR) is 97.2 cm³/mol. The molecule has 0 radical (unpaired) electrons. The van der Waals surface area contributed by atoms with Crippen molar-refractivity contribution in [1.82, 2.24) is 9.88 Å². The molecule has 6 heteroatoms. The first-order chi connectivity index (χ1) is 11.0. The van der Waals surface area contributed by atoms with Crippen LogP contribution in [0.2, 0.25) is 0 Å². The van der Waals surface area contributed by atoms with E-state index in [1.54, 1.807) is 11.3 Å². The molecule has 124 valence electrons. The maximum Gasteiger partial charge on any atom is 0.223 e. The molecule has 2 N–H and O–H groups in total. The second kappa shape index (κ2) is 8.08. The molecule has 0 atom stereocenters. The standard InChI is InChI=1S/C17H24N4OS/c1-12(22)19-17-20-15(16(23-17)11-21(3)4)10-7-13-5-8-14(18-2)9-6-13/h5-6,8-9,18H,7,10-11H2,1-4H3,(H,19,20,22). The Labute approximate surface area is 141 Å². The molecule has 0 aliphatic rings. The van der Waals surface area contributed by atoms with Gasteiger partial charge in [-0.15, -0.1) is 11.3 Å². The van der Waals surface area contributed by atoms with Crippen LogP contribution in [0.4, 0.5) is 10.8 Å². The van der Waals surface area contributed by atoms with Gasteiger partial charge in [-0.3, -0.25) is 4.79 Å². The van der Waals surface area contributed by atoms with Crippen molar-refractivity contribution < 1.29 is 4.79 Å². The van der Waals surface area contributed by atoms with Gasteiger partial charge < -0.3 is 15.5 Å². The minimum Gasteiger partial charge on any atom is -0.388 e. The number of hydrogen-bond acceptors (Lipinski definition) is 5. The molecule has 0 saturated heterocycles. The topological polar surface area (TPSA) is 57.3 Å². The lowest BCUT2D eigenvalue weighted by molar-refractivity contribution is -0.114. The van der Waals surface area contributed by atoms with Gasteiger partial charge in [-0.25, -0.2) is 4.98 Å². The summed E-state index contributed by atoms with van der Waals surface area (Å²) in [4.78, 5) is 19.2. The summed E-state index contributed by atoms with van der Waals surface area (Å²) in [5.74, 6) is -0.0793. The van der Waals surface area contributed by atoms with Gasteiger partial charge >= 0.3 is 0 Å². The van der Waals surface area contributed by atoms with Crippen molar-refractivity contribution in [2.75, 3.05) is 31.8 Å². The van der Waals surface area contributed by atoms with E-state index in [-0.39, 0.29) is 5.91 Å². The SMILES string of the molecule is CNc1ccc(CCc2nc(NC(C)=O)sc2CN(C)C)cc1. The summed E-state index contributed by atoms with van der Waals surface area (Å²) in [5.41, 5.74) is 3.47. The second-order valence-electron chi connectivity index (χ2n) is 5.75. The molecule has 5 nitrogen and oxygen atoms in total. The Morgan fingerprint density at radius 1 is 1.22 bits per heavy atom. The lowest BCUT2D eigenvalue weighted by Gasteiger charge is -2.09. The smallest absolute Gasteiger partial charge is 0.223 e. The molecule has 0 aliphatic heterocycles. The van der Waals surface area contributed by atoms with Crippen molar-refractivity contribution >= 4 is 28.1 Å². The average molecular weight is 332 g/mol. The molecule has 0 fully saturated rings. The van der Waals surface area contributed by atoms with Gasteiger partial charge in [0.15, 0.2) is 5.13 Å². The third-order valence-corrected chi connectivity index (χ3v) is 4.41. The van der Waals surface area contributed by atoms with Crippen molar-refractivity contribution in [2.45, 2.75) is 26.3 Å². The summed E-state index contributed by atoms with van der Waals surface area (Å²) in [6, 6.07) is 8.44. The number of thiazole rings is 1. The number of benzene rings is 1. The van der Waals surface area contributed by atoms with Gasteiger partial charge in [-0.2, -0.15) is 0 Å². The van der Waals surface area contributed by atoms with E-state index < -0.39 is 0 Å². The van der Waals surface area contributed by atoms with E-state index in [9.17, 15) is 4.79 Å². The van der Waals surface area contributed by atoms with Crippen LogP contribution in [-0.2, 0) is 24.2 Å². The van der Waals surface area contributed by atoms with Gasteiger partial charge in [0.05, 0.1) is 5.69 Å². The maximum absolute atomic E-state index is 11.2. The van der Waals surface area contributed by atoms with Crippen molar-refractivity contribution in [3.8, 4) is 0 Å².